The highest BCUT2D eigenvalue weighted by molar-refractivity contribution is 5.58. The topological polar surface area (TPSA) is 24.5 Å². The van der Waals surface area contributed by atoms with Crippen molar-refractivity contribution in [2.24, 2.45) is 5.92 Å². The molecule has 2 rings (SSSR count). The highest BCUT2D eigenvalue weighted by Gasteiger charge is 2.29. The van der Waals surface area contributed by atoms with Crippen molar-refractivity contribution in [2.45, 2.75) is 39.3 Å². The molecule has 1 heterocycles. The summed E-state index contributed by atoms with van der Waals surface area (Å²) in [5.74, 6) is 1.59. The van der Waals surface area contributed by atoms with Crippen LogP contribution < -0.4 is 10.1 Å². The van der Waals surface area contributed by atoms with E-state index in [0.29, 0.717) is 18.0 Å². The third kappa shape index (κ3) is 3.21. The minimum Gasteiger partial charge on any atom is -0.495 e. The summed E-state index contributed by atoms with van der Waals surface area (Å²) in [4.78, 5) is 2.44. The van der Waals surface area contributed by atoms with Crippen LogP contribution >= 0.6 is 0 Å². The minimum absolute atomic E-state index is 0.516. The fourth-order valence-corrected chi connectivity index (χ4v) is 2.86. The molecule has 1 saturated heterocycles. The maximum atomic E-state index is 5.48. The molecule has 1 aromatic carbocycles. The minimum atomic E-state index is 0.516. The monoisotopic (exact) mass is 262 g/mol. The summed E-state index contributed by atoms with van der Waals surface area (Å²) in [6.45, 7) is 7.85. The summed E-state index contributed by atoms with van der Waals surface area (Å²) in [6.07, 6.45) is 1.18. The van der Waals surface area contributed by atoms with E-state index in [1.807, 2.05) is 0 Å². The smallest absolute Gasteiger partial charge is 0.142 e. The number of ether oxygens (including phenoxy) is 1. The number of methoxy groups -OCH3 is 1. The lowest BCUT2D eigenvalue weighted by atomic mass is 9.89. The molecule has 0 aliphatic carbocycles. The van der Waals surface area contributed by atoms with Gasteiger partial charge in [0.1, 0.15) is 5.75 Å². The number of hydrogen-bond donors (Lipinski definition) is 1. The average Bonchev–Trinajstić information content (AvgIpc) is 2.37. The zero-order chi connectivity index (χ0) is 14.0. The Labute approximate surface area is 116 Å². The molecular weight excluding hydrogens is 236 g/mol. The Morgan fingerprint density at radius 3 is 2.74 bits per heavy atom. The van der Waals surface area contributed by atoms with Crippen LogP contribution in [0.3, 0.4) is 0 Å². The summed E-state index contributed by atoms with van der Waals surface area (Å²) >= 11 is 0. The highest BCUT2D eigenvalue weighted by Crippen LogP contribution is 2.30. The normalized spacial score (nSPS) is 28.2. The van der Waals surface area contributed by atoms with Crippen LogP contribution in [0.4, 0.5) is 5.69 Å². The maximum Gasteiger partial charge on any atom is 0.142 e. The second-order valence-electron chi connectivity index (χ2n) is 5.96. The molecule has 3 unspecified atom stereocenters. The summed E-state index contributed by atoms with van der Waals surface area (Å²) in [6, 6.07) is 7.50. The number of nitrogens with zero attached hydrogens (tertiary/aromatic N) is 1. The Bertz CT molecular complexity index is 433. The molecule has 0 saturated carbocycles. The van der Waals surface area contributed by atoms with Gasteiger partial charge in [0.2, 0.25) is 0 Å². The molecule has 106 valence electrons. The quantitative estimate of drug-likeness (QED) is 0.905. The SMILES string of the molecule is COc1cc(C)ccc1NC1CC(C)N(C)CC1C. The van der Waals surface area contributed by atoms with E-state index in [1.165, 1.54) is 12.0 Å². The standard InChI is InChI=1S/C16H26N2O/c1-11-6-7-14(16(8-11)19-5)17-15-9-13(3)18(4)10-12(15)2/h6-8,12-13,15,17H,9-10H2,1-5H3. The molecule has 3 heteroatoms. The number of anilines is 1. The molecule has 3 nitrogen and oxygen atoms in total. The number of hydrogen-bond acceptors (Lipinski definition) is 3. The summed E-state index contributed by atoms with van der Waals surface area (Å²) in [5, 5.41) is 3.68. The Morgan fingerprint density at radius 1 is 1.32 bits per heavy atom. The van der Waals surface area contributed by atoms with Crippen molar-refractivity contribution in [3.63, 3.8) is 0 Å². The van der Waals surface area contributed by atoms with Crippen molar-refractivity contribution in [3.05, 3.63) is 23.8 Å². The lowest BCUT2D eigenvalue weighted by Crippen LogP contribution is -2.48. The molecule has 0 radical (unpaired) electrons. The molecule has 0 amide bonds. The molecular formula is C16H26N2O. The largest absolute Gasteiger partial charge is 0.495 e. The van der Waals surface area contributed by atoms with Crippen LogP contribution in [0.15, 0.2) is 18.2 Å². The number of nitrogens with one attached hydrogen (secondary N) is 1. The Balaban J connectivity index is 2.12. The van der Waals surface area contributed by atoms with Gasteiger partial charge in [0.15, 0.2) is 0 Å². The average molecular weight is 262 g/mol. The lowest BCUT2D eigenvalue weighted by Gasteiger charge is -2.40. The Kier molecular flexibility index (Phi) is 4.35. The van der Waals surface area contributed by atoms with Crippen LogP contribution in [-0.4, -0.2) is 37.7 Å². The van der Waals surface area contributed by atoms with Crippen molar-refractivity contribution in [1.29, 1.82) is 0 Å². The molecule has 19 heavy (non-hydrogen) atoms. The molecule has 3 atom stereocenters. The molecule has 1 N–H and O–H groups in total. The van der Waals surface area contributed by atoms with E-state index in [1.54, 1.807) is 7.11 Å². The van der Waals surface area contributed by atoms with Gasteiger partial charge in [-0.3, -0.25) is 0 Å². The summed E-state index contributed by atoms with van der Waals surface area (Å²) in [7, 11) is 3.95. The van der Waals surface area contributed by atoms with E-state index in [9.17, 15) is 0 Å². The molecule has 1 aliphatic rings. The van der Waals surface area contributed by atoms with Crippen LogP contribution in [0.5, 0.6) is 5.75 Å². The first-order valence-electron chi connectivity index (χ1n) is 7.12. The van der Waals surface area contributed by atoms with Crippen LogP contribution in [0.2, 0.25) is 0 Å². The number of rotatable bonds is 3. The lowest BCUT2D eigenvalue weighted by molar-refractivity contribution is 0.145. The summed E-state index contributed by atoms with van der Waals surface area (Å²) in [5.41, 5.74) is 2.34. The van der Waals surface area contributed by atoms with Crippen molar-refractivity contribution in [3.8, 4) is 5.75 Å². The fraction of sp³-hybridized carbons (Fsp3) is 0.625. The predicted octanol–water partition coefficient (Wildman–Crippen LogP) is 3.14. The van der Waals surface area contributed by atoms with Crippen molar-refractivity contribution < 1.29 is 4.74 Å². The Hall–Kier alpha value is -1.22. The van der Waals surface area contributed by atoms with Crippen LogP contribution in [0.25, 0.3) is 0 Å². The molecule has 0 aromatic heterocycles. The molecule has 0 bridgehead atoms. The third-order valence-corrected chi connectivity index (χ3v) is 4.31. The van der Waals surface area contributed by atoms with Gasteiger partial charge in [-0.25, -0.2) is 0 Å². The van der Waals surface area contributed by atoms with Gasteiger partial charge in [-0.2, -0.15) is 0 Å². The van der Waals surface area contributed by atoms with E-state index in [4.69, 9.17) is 4.74 Å². The van der Waals surface area contributed by atoms with Gasteiger partial charge in [-0.1, -0.05) is 13.0 Å². The molecule has 1 aliphatic heterocycles. The zero-order valence-corrected chi connectivity index (χ0v) is 12.7. The van der Waals surface area contributed by atoms with Gasteiger partial charge in [0, 0.05) is 18.6 Å². The predicted molar refractivity (Wildman–Crippen MR) is 81.0 cm³/mol. The van der Waals surface area contributed by atoms with Gasteiger partial charge in [0.05, 0.1) is 12.8 Å². The molecule has 1 aromatic rings. The number of aryl methyl sites for hydroxylation is 1. The van der Waals surface area contributed by atoms with Crippen LogP contribution in [-0.2, 0) is 0 Å². The van der Waals surface area contributed by atoms with E-state index >= 15 is 0 Å². The van der Waals surface area contributed by atoms with Gasteiger partial charge >= 0.3 is 0 Å². The van der Waals surface area contributed by atoms with Crippen molar-refractivity contribution in [2.75, 3.05) is 26.0 Å². The molecule has 0 spiro atoms. The number of piperidine rings is 1. The van der Waals surface area contributed by atoms with E-state index < -0.39 is 0 Å². The second-order valence-corrected chi connectivity index (χ2v) is 5.96. The van der Waals surface area contributed by atoms with Gasteiger partial charge in [-0.15, -0.1) is 0 Å². The number of likely N-dealkylation sites (tertiary alicyclic amines) is 1. The fourth-order valence-electron chi connectivity index (χ4n) is 2.86. The second kappa shape index (κ2) is 5.83. The van der Waals surface area contributed by atoms with Crippen LogP contribution in [0, 0.1) is 12.8 Å². The van der Waals surface area contributed by atoms with Crippen molar-refractivity contribution in [1.82, 2.24) is 4.90 Å². The van der Waals surface area contributed by atoms with E-state index in [2.05, 4.69) is 56.2 Å². The zero-order valence-electron chi connectivity index (χ0n) is 12.7. The van der Waals surface area contributed by atoms with Crippen molar-refractivity contribution >= 4 is 5.69 Å². The van der Waals surface area contributed by atoms with Gasteiger partial charge in [-0.05, 0) is 50.9 Å². The van der Waals surface area contributed by atoms with Gasteiger partial charge < -0.3 is 15.0 Å². The van der Waals surface area contributed by atoms with E-state index in [0.717, 1.165) is 18.0 Å². The van der Waals surface area contributed by atoms with Crippen LogP contribution in [0.1, 0.15) is 25.8 Å². The first-order chi connectivity index (χ1) is 9.01. The Morgan fingerprint density at radius 2 is 2.05 bits per heavy atom. The first-order valence-corrected chi connectivity index (χ1v) is 7.12. The van der Waals surface area contributed by atoms with Gasteiger partial charge in [0.25, 0.3) is 0 Å². The first kappa shape index (κ1) is 14.2. The molecule has 1 fully saturated rings. The maximum absolute atomic E-state index is 5.48. The summed E-state index contributed by atoms with van der Waals surface area (Å²) < 4.78 is 5.48. The third-order valence-electron chi connectivity index (χ3n) is 4.31. The number of benzene rings is 1. The van der Waals surface area contributed by atoms with E-state index in [-0.39, 0.29) is 0 Å². The highest BCUT2D eigenvalue weighted by atomic mass is 16.5.